The van der Waals surface area contributed by atoms with Gasteiger partial charge in [-0.1, -0.05) is 12.5 Å². The molecule has 1 fully saturated rings. The van der Waals surface area contributed by atoms with Crippen LogP contribution in [0, 0.1) is 0 Å². The third-order valence-electron chi connectivity index (χ3n) is 4.71. The number of alkyl halides is 1. The van der Waals surface area contributed by atoms with E-state index < -0.39 is 12.3 Å². The van der Waals surface area contributed by atoms with E-state index >= 15 is 0 Å². The molecule has 0 radical (unpaired) electrons. The average molecular weight is 369 g/mol. The fraction of sp³-hybridized carbons (Fsp3) is 0.368. The first kappa shape index (κ1) is 17.4. The Morgan fingerprint density at radius 2 is 2.00 bits per heavy atom. The lowest BCUT2D eigenvalue weighted by molar-refractivity contribution is 0.0590. The molecule has 4 rings (SSSR count). The number of ether oxygens (including phenoxy) is 1. The molecule has 8 heteroatoms. The Morgan fingerprint density at radius 1 is 1.15 bits per heavy atom. The lowest BCUT2D eigenvalue weighted by atomic mass is 9.96. The summed E-state index contributed by atoms with van der Waals surface area (Å²) in [5.41, 5.74) is 2.20. The van der Waals surface area contributed by atoms with Crippen LogP contribution >= 0.6 is 0 Å². The summed E-state index contributed by atoms with van der Waals surface area (Å²) in [5.74, 6) is 0.515. The average Bonchev–Trinajstić information content (AvgIpc) is 3.11. The second-order valence-corrected chi connectivity index (χ2v) is 6.71. The molecule has 1 aromatic carbocycles. The zero-order valence-corrected chi connectivity index (χ0v) is 14.9. The van der Waals surface area contributed by atoms with Gasteiger partial charge >= 0.3 is 0 Å². The van der Waals surface area contributed by atoms with Crippen LogP contribution in [0.5, 0.6) is 11.6 Å². The van der Waals surface area contributed by atoms with Crippen LogP contribution in [0.1, 0.15) is 25.7 Å². The molecule has 27 heavy (non-hydrogen) atoms. The van der Waals surface area contributed by atoms with Gasteiger partial charge in [0.15, 0.2) is 5.82 Å². The van der Waals surface area contributed by atoms with Crippen molar-refractivity contribution in [1.29, 1.82) is 0 Å². The maximum absolute atomic E-state index is 13.9. The molecule has 1 aliphatic rings. The van der Waals surface area contributed by atoms with E-state index in [-0.39, 0.29) is 17.5 Å². The number of aryl methyl sites for hydroxylation is 1. The smallest absolute Gasteiger partial charge is 0.252 e. The molecule has 0 saturated heterocycles. The van der Waals surface area contributed by atoms with Crippen molar-refractivity contribution >= 4 is 0 Å². The number of hydrogen-bond donors (Lipinski definition) is 1. The molecule has 1 saturated carbocycles. The lowest BCUT2D eigenvalue weighted by Crippen LogP contribution is -2.32. The van der Waals surface area contributed by atoms with E-state index in [1.807, 2.05) is 19.3 Å². The number of aromatic hydroxyl groups is 1. The summed E-state index contributed by atoms with van der Waals surface area (Å²) in [6.07, 6.45) is 6.54. The highest BCUT2D eigenvalue weighted by Gasteiger charge is 2.27. The summed E-state index contributed by atoms with van der Waals surface area (Å²) in [7, 11) is 1.83. The quantitative estimate of drug-likeness (QED) is 0.759. The Kier molecular flexibility index (Phi) is 4.70. The largest absolute Gasteiger partial charge is 0.507 e. The van der Waals surface area contributed by atoms with Crippen LogP contribution in [0.15, 0.2) is 36.8 Å². The molecule has 2 atom stereocenters. The molecule has 1 N–H and O–H groups in total. The molecule has 2 aromatic heterocycles. The highest BCUT2D eigenvalue weighted by Crippen LogP contribution is 2.31. The van der Waals surface area contributed by atoms with Gasteiger partial charge in [0.25, 0.3) is 5.88 Å². The van der Waals surface area contributed by atoms with E-state index in [2.05, 4.69) is 20.3 Å². The molecule has 7 nitrogen and oxygen atoms in total. The number of rotatable bonds is 4. The van der Waals surface area contributed by atoms with Crippen LogP contribution < -0.4 is 4.74 Å². The van der Waals surface area contributed by atoms with Crippen LogP contribution in [-0.2, 0) is 7.05 Å². The number of phenolic OH excluding ortho intramolecular Hbond substituents is 1. The first-order chi connectivity index (χ1) is 13.1. The molecule has 0 bridgehead atoms. The standard InChI is InChI=1S/C19H20FN5O2/c1-25-11-13(9-22-25)12-6-7-14(16(26)8-12)19-21-10-18(23-24-19)27-17-5-3-2-4-15(17)20/h6-11,15,17,26H,2-5H2,1H3/t15-,17+/m0/s1. The van der Waals surface area contributed by atoms with Crippen molar-refractivity contribution in [2.24, 2.45) is 7.05 Å². The van der Waals surface area contributed by atoms with Gasteiger partial charge in [-0.25, -0.2) is 9.37 Å². The third kappa shape index (κ3) is 3.74. The molecule has 140 valence electrons. The van der Waals surface area contributed by atoms with Gasteiger partial charge in [-0.3, -0.25) is 4.68 Å². The van der Waals surface area contributed by atoms with Crippen molar-refractivity contribution < 1.29 is 14.2 Å². The lowest BCUT2D eigenvalue weighted by Gasteiger charge is -2.25. The minimum atomic E-state index is -0.982. The maximum atomic E-state index is 13.9. The van der Waals surface area contributed by atoms with Crippen molar-refractivity contribution in [3.05, 3.63) is 36.8 Å². The topological polar surface area (TPSA) is 86.0 Å². The van der Waals surface area contributed by atoms with E-state index in [1.54, 1.807) is 23.0 Å². The predicted molar refractivity (Wildman–Crippen MR) is 96.9 cm³/mol. The van der Waals surface area contributed by atoms with E-state index in [1.165, 1.54) is 6.20 Å². The van der Waals surface area contributed by atoms with Gasteiger partial charge < -0.3 is 9.84 Å². The number of phenols is 1. The number of hydrogen-bond acceptors (Lipinski definition) is 6. The number of halogens is 1. The fourth-order valence-corrected chi connectivity index (χ4v) is 3.25. The zero-order valence-electron chi connectivity index (χ0n) is 14.9. The number of benzene rings is 1. The fourth-order valence-electron chi connectivity index (χ4n) is 3.25. The van der Waals surface area contributed by atoms with Crippen molar-refractivity contribution in [2.45, 2.75) is 38.0 Å². The van der Waals surface area contributed by atoms with E-state index in [9.17, 15) is 9.50 Å². The molecule has 0 amide bonds. The molecular weight excluding hydrogens is 349 g/mol. The molecule has 0 unspecified atom stereocenters. The van der Waals surface area contributed by atoms with E-state index in [0.717, 1.165) is 24.0 Å². The summed E-state index contributed by atoms with van der Waals surface area (Å²) in [4.78, 5) is 4.21. The molecular formula is C19H20FN5O2. The molecule has 2 heterocycles. The van der Waals surface area contributed by atoms with Gasteiger partial charge in [0.2, 0.25) is 0 Å². The zero-order chi connectivity index (χ0) is 18.8. The number of aromatic nitrogens is 5. The van der Waals surface area contributed by atoms with Gasteiger partial charge in [0.05, 0.1) is 18.0 Å². The van der Waals surface area contributed by atoms with E-state index in [0.29, 0.717) is 18.4 Å². The van der Waals surface area contributed by atoms with Crippen molar-refractivity contribution in [1.82, 2.24) is 25.0 Å². The van der Waals surface area contributed by atoms with Crippen molar-refractivity contribution in [3.8, 4) is 34.1 Å². The normalized spacial score (nSPS) is 19.8. The SMILES string of the molecule is Cn1cc(-c2ccc(-c3ncc(O[C@@H]4CCCC[C@@H]4F)nn3)c(O)c2)cn1. The van der Waals surface area contributed by atoms with Gasteiger partial charge in [0.1, 0.15) is 18.0 Å². The maximum Gasteiger partial charge on any atom is 0.252 e. The Labute approximate surface area is 155 Å². The second-order valence-electron chi connectivity index (χ2n) is 6.71. The molecule has 3 aromatic rings. The second kappa shape index (κ2) is 7.30. The predicted octanol–water partition coefficient (Wildman–Crippen LogP) is 3.30. The Bertz CT molecular complexity index is 928. The van der Waals surface area contributed by atoms with Crippen LogP contribution in [0.3, 0.4) is 0 Å². The third-order valence-corrected chi connectivity index (χ3v) is 4.71. The first-order valence-corrected chi connectivity index (χ1v) is 8.93. The van der Waals surface area contributed by atoms with Crippen LogP contribution in [0.4, 0.5) is 4.39 Å². The monoisotopic (exact) mass is 369 g/mol. The van der Waals surface area contributed by atoms with Crippen LogP contribution in [0.25, 0.3) is 22.5 Å². The highest BCUT2D eigenvalue weighted by atomic mass is 19.1. The molecule has 0 spiro atoms. The summed E-state index contributed by atoms with van der Waals surface area (Å²) in [5, 5.41) is 22.5. The number of nitrogens with zero attached hydrogens (tertiary/aromatic N) is 5. The Hall–Kier alpha value is -3.03. The summed E-state index contributed by atoms with van der Waals surface area (Å²) in [6, 6.07) is 5.22. The van der Waals surface area contributed by atoms with Gasteiger partial charge in [-0.05, 0) is 37.0 Å². The summed E-state index contributed by atoms with van der Waals surface area (Å²) >= 11 is 0. The Morgan fingerprint density at radius 3 is 2.67 bits per heavy atom. The molecule has 1 aliphatic carbocycles. The van der Waals surface area contributed by atoms with Crippen LogP contribution in [0.2, 0.25) is 0 Å². The summed E-state index contributed by atoms with van der Waals surface area (Å²) in [6.45, 7) is 0. The van der Waals surface area contributed by atoms with Crippen molar-refractivity contribution in [3.63, 3.8) is 0 Å². The highest BCUT2D eigenvalue weighted by molar-refractivity contribution is 5.72. The van der Waals surface area contributed by atoms with Crippen LogP contribution in [-0.4, -0.2) is 42.3 Å². The molecule has 0 aliphatic heterocycles. The van der Waals surface area contributed by atoms with Gasteiger partial charge in [-0.2, -0.15) is 5.10 Å². The minimum Gasteiger partial charge on any atom is -0.507 e. The van der Waals surface area contributed by atoms with Gasteiger partial charge in [-0.15, -0.1) is 10.2 Å². The Balaban J connectivity index is 1.51. The van der Waals surface area contributed by atoms with E-state index in [4.69, 9.17) is 4.74 Å². The summed E-state index contributed by atoms with van der Waals surface area (Å²) < 4.78 is 21.2. The van der Waals surface area contributed by atoms with Crippen molar-refractivity contribution in [2.75, 3.05) is 0 Å². The first-order valence-electron chi connectivity index (χ1n) is 8.93. The van der Waals surface area contributed by atoms with Gasteiger partial charge in [0, 0.05) is 18.8 Å². The minimum absolute atomic E-state index is 0.0444.